The molecule has 0 spiro atoms. The quantitative estimate of drug-likeness (QED) is 0.805. The van der Waals surface area contributed by atoms with E-state index in [1.165, 1.54) is 6.07 Å². The number of carbonyl (C=O) groups excluding carboxylic acids is 1. The molecule has 1 heterocycles. The van der Waals surface area contributed by atoms with Gasteiger partial charge in [-0.05, 0) is 46.4 Å². The number of hydrogen-bond acceptors (Lipinski definition) is 2. The van der Waals surface area contributed by atoms with Gasteiger partial charge >= 0.3 is 0 Å². The average Bonchev–Trinajstić information content (AvgIpc) is 2.93. The van der Waals surface area contributed by atoms with Crippen molar-refractivity contribution in [3.05, 3.63) is 56.4 Å². The molecule has 1 amide bonds. The van der Waals surface area contributed by atoms with Gasteiger partial charge < -0.3 is 4.90 Å². The minimum Gasteiger partial charge on any atom is -0.334 e. The normalized spacial score (nSPS) is 12.2. The lowest BCUT2D eigenvalue weighted by molar-refractivity contribution is 0.0740. The van der Waals surface area contributed by atoms with Gasteiger partial charge in [-0.15, -0.1) is 11.3 Å². The second kappa shape index (κ2) is 5.84. The number of thiophene rings is 1. The maximum Gasteiger partial charge on any atom is 0.257 e. The Hall–Kier alpha value is -1.20. The van der Waals surface area contributed by atoms with Crippen LogP contribution in [-0.4, -0.2) is 17.9 Å². The van der Waals surface area contributed by atoms with Gasteiger partial charge in [0.05, 0.1) is 16.1 Å². The van der Waals surface area contributed by atoms with Crippen LogP contribution in [0.2, 0.25) is 0 Å². The molecule has 1 unspecified atom stereocenters. The molecule has 1 atom stereocenters. The molecule has 1 aromatic carbocycles. The molecule has 0 saturated heterocycles. The highest BCUT2D eigenvalue weighted by molar-refractivity contribution is 9.10. The highest BCUT2D eigenvalue weighted by atomic mass is 79.9. The number of nitrogens with zero attached hydrogens (tertiary/aromatic N) is 1. The van der Waals surface area contributed by atoms with Gasteiger partial charge in [0.2, 0.25) is 0 Å². The second-order valence-corrected chi connectivity index (χ2v) is 6.04. The van der Waals surface area contributed by atoms with Crippen LogP contribution in [0.4, 0.5) is 4.39 Å². The molecule has 2 nitrogen and oxygen atoms in total. The van der Waals surface area contributed by atoms with Crippen LogP contribution in [0.5, 0.6) is 0 Å². The van der Waals surface area contributed by atoms with Gasteiger partial charge in [0.1, 0.15) is 5.82 Å². The van der Waals surface area contributed by atoms with Crippen molar-refractivity contribution in [3.8, 4) is 0 Å². The fourth-order valence-corrected chi connectivity index (χ4v) is 2.95. The van der Waals surface area contributed by atoms with Crippen LogP contribution in [0.15, 0.2) is 40.2 Å². The molecule has 19 heavy (non-hydrogen) atoms. The summed E-state index contributed by atoms with van der Waals surface area (Å²) in [5, 5.41) is 1.96. The van der Waals surface area contributed by atoms with E-state index in [1.54, 1.807) is 35.4 Å². The van der Waals surface area contributed by atoms with E-state index < -0.39 is 5.82 Å². The number of benzene rings is 1. The van der Waals surface area contributed by atoms with Crippen molar-refractivity contribution in [2.24, 2.45) is 0 Å². The SMILES string of the molecule is CC(c1cccs1)N(C)C(=O)c1cccc(Br)c1F. The summed E-state index contributed by atoms with van der Waals surface area (Å²) in [6.45, 7) is 1.93. The summed E-state index contributed by atoms with van der Waals surface area (Å²) in [6.07, 6.45) is 0. The Morgan fingerprint density at radius 1 is 1.37 bits per heavy atom. The summed E-state index contributed by atoms with van der Waals surface area (Å²) >= 11 is 4.68. The minimum absolute atomic E-state index is 0.0779. The molecule has 2 rings (SSSR count). The van der Waals surface area contributed by atoms with Crippen LogP contribution in [-0.2, 0) is 0 Å². The molecule has 0 aliphatic rings. The molecule has 0 bridgehead atoms. The van der Waals surface area contributed by atoms with E-state index in [0.717, 1.165) is 4.88 Å². The van der Waals surface area contributed by atoms with Crippen molar-refractivity contribution in [3.63, 3.8) is 0 Å². The fourth-order valence-electron chi connectivity index (χ4n) is 1.75. The third-order valence-corrected chi connectivity index (χ3v) is 4.69. The van der Waals surface area contributed by atoms with Crippen molar-refractivity contribution < 1.29 is 9.18 Å². The zero-order valence-corrected chi connectivity index (χ0v) is 13.0. The zero-order valence-electron chi connectivity index (χ0n) is 10.6. The van der Waals surface area contributed by atoms with Crippen LogP contribution in [0.3, 0.4) is 0 Å². The van der Waals surface area contributed by atoms with Crippen molar-refractivity contribution in [2.75, 3.05) is 7.05 Å². The topological polar surface area (TPSA) is 20.3 Å². The van der Waals surface area contributed by atoms with Gasteiger partial charge in [0.15, 0.2) is 0 Å². The molecule has 0 aliphatic heterocycles. The smallest absolute Gasteiger partial charge is 0.257 e. The first-order chi connectivity index (χ1) is 9.02. The van der Waals surface area contributed by atoms with Crippen LogP contribution in [0.25, 0.3) is 0 Å². The van der Waals surface area contributed by atoms with Gasteiger partial charge in [-0.2, -0.15) is 0 Å². The molecular formula is C14H13BrFNOS. The third-order valence-electron chi connectivity index (χ3n) is 3.04. The van der Waals surface area contributed by atoms with E-state index in [4.69, 9.17) is 0 Å². The average molecular weight is 342 g/mol. The summed E-state index contributed by atoms with van der Waals surface area (Å²) in [5.41, 5.74) is 0.0836. The highest BCUT2D eigenvalue weighted by Gasteiger charge is 2.22. The minimum atomic E-state index is -0.516. The molecule has 0 aliphatic carbocycles. The largest absolute Gasteiger partial charge is 0.334 e. The predicted molar refractivity (Wildman–Crippen MR) is 78.9 cm³/mol. The van der Waals surface area contributed by atoms with Crippen LogP contribution < -0.4 is 0 Å². The summed E-state index contributed by atoms with van der Waals surface area (Å²) < 4.78 is 14.2. The van der Waals surface area contributed by atoms with Crippen molar-refractivity contribution in [1.29, 1.82) is 0 Å². The Labute approximate surface area is 124 Å². The van der Waals surface area contributed by atoms with E-state index in [-0.39, 0.29) is 17.5 Å². The van der Waals surface area contributed by atoms with E-state index >= 15 is 0 Å². The van der Waals surface area contributed by atoms with E-state index in [0.29, 0.717) is 4.47 Å². The summed E-state index contributed by atoms with van der Waals surface area (Å²) in [6, 6.07) is 8.56. The first-order valence-corrected chi connectivity index (χ1v) is 7.44. The predicted octanol–water partition coefficient (Wildman–Crippen LogP) is 4.48. The van der Waals surface area contributed by atoms with E-state index in [2.05, 4.69) is 15.9 Å². The molecule has 0 radical (unpaired) electrons. The molecule has 0 fully saturated rings. The summed E-state index contributed by atoms with van der Waals surface area (Å²) in [5.74, 6) is -0.836. The first-order valence-electron chi connectivity index (χ1n) is 5.77. The molecule has 2 aromatic rings. The van der Waals surface area contributed by atoms with Crippen LogP contribution >= 0.6 is 27.3 Å². The number of amides is 1. The molecule has 0 N–H and O–H groups in total. The zero-order chi connectivity index (χ0) is 14.0. The Bertz CT molecular complexity index is 585. The van der Waals surface area contributed by atoms with E-state index in [1.807, 2.05) is 24.4 Å². The van der Waals surface area contributed by atoms with Gasteiger partial charge in [0, 0.05) is 11.9 Å². The van der Waals surface area contributed by atoms with Crippen LogP contribution in [0.1, 0.15) is 28.2 Å². The number of rotatable bonds is 3. The highest BCUT2D eigenvalue weighted by Crippen LogP contribution is 2.26. The lowest BCUT2D eigenvalue weighted by Gasteiger charge is -2.24. The Morgan fingerprint density at radius 2 is 2.11 bits per heavy atom. The van der Waals surface area contributed by atoms with Crippen LogP contribution in [0, 0.1) is 5.82 Å². The van der Waals surface area contributed by atoms with Gasteiger partial charge in [-0.3, -0.25) is 4.79 Å². The molecule has 5 heteroatoms. The lowest BCUT2D eigenvalue weighted by atomic mass is 10.1. The number of halogens is 2. The van der Waals surface area contributed by atoms with E-state index in [9.17, 15) is 9.18 Å². The maximum absolute atomic E-state index is 13.9. The number of hydrogen-bond donors (Lipinski definition) is 0. The first kappa shape index (κ1) is 14.2. The Morgan fingerprint density at radius 3 is 2.74 bits per heavy atom. The maximum atomic E-state index is 13.9. The summed E-state index contributed by atoms with van der Waals surface area (Å²) in [7, 11) is 1.69. The monoisotopic (exact) mass is 341 g/mol. The Kier molecular flexibility index (Phi) is 4.37. The van der Waals surface area contributed by atoms with Crippen molar-refractivity contribution >= 4 is 33.2 Å². The molecule has 100 valence electrons. The molecule has 1 aromatic heterocycles. The molecular weight excluding hydrogens is 329 g/mol. The third kappa shape index (κ3) is 2.87. The van der Waals surface area contributed by atoms with Gasteiger partial charge in [0.25, 0.3) is 5.91 Å². The summed E-state index contributed by atoms with van der Waals surface area (Å²) in [4.78, 5) is 15.0. The van der Waals surface area contributed by atoms with Gasteiger partial charge in [-0.1, -0.05) is 12.1 Å². The second-order valence-electron chi connectivity index (χ2n) is 4.21. The lowest BCUT2D eigenvalue weighted by Crippen LogP contribution is -2.30. The molecule has 0 saturated carbocycles. The fraction of sp³-hybridized carbons (Fsp3) is 0.214. The number of carbonyl (C=O) groups is 1. The Balaban J connectivity index is 2.26. The standard InChI is InChI=1S/C14H13BrFNOS/c1-9(12-7-4-8-19-12)17(2)14(18)10-5-3-6-11(15)13(10)16/h3-9H,1-2H3. The van der Waals surface area contributed by atoms with Gasteiger partial charge in [-0.25, -0.2) is 4.39 Å². The van der Waals surface area contributed by atoms with Crippen molar-refractivity contribution in [1.82, 2.24) is 4.90 Å². The van der Waals surface area contributed by atoms with Crippen molar-refractivity contribution in [2.45, 2.75) is 13.0 Å².